The van der Waals surface area contributed by atoms with Gasteiger partial charge in [-0.3, -0.25) is 0 Å². The van der Waals surface area contributed by atoms with Gasteiger partial charge in [0.1, 0.15) is 19.0 Å². The van der Waals surface area contributed by atoms with Gasteiger partial charge in [-0.25, -0.2) is 4.79 Å². The van der Waals surface area contributed by atoms with Crippen molar-refractivity contribution in [3.05, 3.63) is 53.6 Å². The minimum Gasteiger partial charge on any atom is -0.490 e. The highest BCUT2D eigenvalue weighted by Crippen LogP contribution is 2.30. The van der Waals surface area contributed by atoms with Crippen LogP contribution in [0.5, 0.6) is 17.2 Å². The van der Waals surface area contributed by atoms with Crippen LogP contribution in [-0.2, 0) is 4.74 Å². The molecule has 1 aliphatic rings. The Bertz CT molecular complexity index is 711. The summed E-state index contributed by atoms with van der Waals surface area (Å²) in [7, 11) is 0. The lowest BCUT2D eigenvalue weighted by Crippen LogP contribution is -2.12. The second kappa shape index (κ2) is 7.73. The third kappa shape index (κ3) is 3.98. The van der Waals surface area contributed by atoms with Gasteiger partial charge < -0.3 is 18.9 Å². The molecule has 1 heterocycles. The molecule has 24 heavy (non-hydrogen) atoms. The number of ether oxygens (including phenoxy) is 4. The topological polar surface area (TPSA) is 54.0 Å². The molecule has 0 N–H and O–H groups in total. The standard InChI is InChI=1S/C19H20O5/c1-14-5-2-3-6-16(14)23-11-12-24-19(20)15-7-8-17-18(13-15)22-10-4-9-21-17/h2-3,5-8,13H,4,9-12H2,1H3. The van der Waals surface area contributed by atoms with E-state index >= 15 is 0 Å². The molecule has 1 aliphatic heterocycles. The molecule has 0 saturated heterocycles. The highest BCUT2D eigenvalue weighted by Gasteiger charge is 2.15. The molecule has 0 radical (unpaired) electrons. The first kappa shape index (κ1) is 16.2. The normalized spacial score (nSPS) is 13.0. The monoisotopic (exact) mass is 328 g/mol. The largest absolute Gasteiger partial charge is 0.490 e. The molecule has 0 fully saturated rings. The predicted octanol–water partition coefficient (Wildman–Crippen LogP) is 3.39. The summed E-state index contributed by atoms with van der Waals surface area (Å²) in [5, 5.41) is 0. The molecule has 126 valence electrons. The molecule has 0 aromatic heterocycles. The van der Waals surface area contributed by atoms with Gasteiger partial charge in [0.2, 0.25) is 0 Å². The van der Waals surface area contributed by atoms with Gasteiger partial charge in [0.15, 0.2) is 11.5 Å². The Balaban J connectivity index is 1.52. The Morgan fingerprint density at radius 3 is 2.67 bits per heavy atom. The summed E-state index contributed by atoms with van der Waals surface area (Å²) in [6, 6.07) is 12.8. The Morgan fingerprint density at radius 2 is 1.83 bits per heavy atom. The number of aryl methyl sites for hydroxylation is 1. The summed E-state index contributed by atoms with van der Waals surface area (Å²) >= 11 is 0. The SMILES string of the molecule is Cc1ccccc1OCCOC(=O)c1ccc2c(c1)OCCCO2. The smallest absolute Gasteiger partial charge is 0.338 e. The summed E-state index contributed by atoms with van der Waals surface area (Å²) in [6.07, 6.45) is 0.824. The van der Waals surface area contributed by atoms with Crippen molar-refractivity contribution in [3.63, 3.8) is 0 Å². The van der Waals surface area contributed by atoms with Gasteiger partial charge in [0.05, 0.1) is 18.8 Å². The van der Waals surface area contributed by atoms with E-state index in [2.05, 4.69) is 0 Å². The van der Waals surface area contributed by atoms with E-state index in [0.29, 0.717) is 36.9 Å². The van der Waals surface area contributed by atoms with E-state index in [4.69, 9.17) is 18.9 Å². The van der Waals surface area contributed by atoms with Gasteiger partial charge in [0, 0.05) is 6.42 Å². The first-order valence-electron chi connectivity index (χ1n) is 7.99. The average molecular weight is 328 g/mol. The van der Waals surface area contributed by atoms with Crippen LogP contribution in [0, 0.1) is 6.92 Å². The van der Waals surface area contributed by atoms with Crippen molar-refractivity contribution < 1.29 is 23.7 Å². The van der Waals surface area contributed by atoms with Gasteiger partial charge >= 0.3 is 5.97 Å². The summed E-state index contributed by atoms with van der Waals surface area (Å²) in [4.78, 5) is 12.1. The average Bonchev–Trinajstić information content (AvgIpc) is 2.84. The van der Waals surface area contributed by atoms with E-state index < -0.39 is 5.97 Å². The number of rotatable bonds is 5. The molecular weight excluding hydrogens is 308 g/mol. The van der Waals surface area contributed by atoms with Crippen LogP contribution in [0.3, 0.4) is 0 Å². The van der Waals surface area contributed by atoms with Gasteiger partial charge in [-0.2, -0.15) is 0 Å². The Hall–Kier alpha value is -2.69. The van der Waals surface area contributed by atoms with Crippen LogP contribution >= 0.6 is 0 Å². The zero-order chi connectivity index (χ0) is 16.8. The summed E-state index contributed by atoms with van der Waals surface area (Å²) in [6.45, 7) is 3.66. The maximum Gasteiger partial charge on any atom is 0.338 e. The number of esters is 1. The number of carbonyl (C=O) groups is 1. The fraction of sp³-hybridized carbons (Fsp3) is 0.316. The number of fused-ring (bicyclic) bond motifs is 1. The molecule has 0 saturated carbocycles. The number of hydrogen-bond donors (Lipinski definition) is 0. The van der Waals surface area contributed by atoms with E-state index in [1.807, 2.05) is 31.2 Å². The third-order valence-electron chi connectivity index (χ3n) is 3.65. The van der Waals surface area contributed by atoms with Gasteiger partial charge in [-0.05, 0) is 36.8 Å². The van der Waals surface area contributed by atoms with Crippen molar-refractivity contribution in [2.24, 2.45) is 0 Å². The molecule has 0 spiro atoms. The molecule has 2 aromatic carbocycles. The Kier molecular flexibility index (Phi) is 5.21. The van der Waals surface area contributed by atoms with Crippen LogP contribution in [0.1, 0.15) is 22.3 Å². The molecule has 0 bridgehead atoms. The minimum atomic E-state index is -0.404. The molecule has 0 atom stereocenters. The fourth-order valence-corrected chi connectivity index (χ4v) is 2.38. The van der Waals surface area contributed by atoms with Crippen LogP contribution in [0.15, 0.2) is 42.5 Å². The maximum atomic E-state index is 12.1. The molecule has 5 heteroatoms. The lowest BCUT2D eigenvalue weighted by molar-refractivity contribution is 0.0449. The minimum absolute atomic E-state index is 0.182. The molecule has 0 unspecified atom stereocenters. The highest BCUT2D eigenvalue weighted by atomic mass is 16.6. The van der Waals surface area contributed by atoms with Crippen LogP contribution in [0.4, 0.5) is 0 Å². The lowest BCUT2D eigenvalue weighted by atomic mass is 10.2. The van der Waals surface area contributed by atoms with Gasteiger partial charge in [-0.1, -0.05) is 18.2 Å². The van der Waals surface area contributed by atoms with E-state index in [1.54, 1.807) is 18.2 Å². The van der Waals surface area contributed by atoms with Crippen LogP contribution in [-0.4, -0.2) is 32.4 Å². The third-order valence-corrected chi connectivity index (χ3v) is 3.65. The van der Waals surface area contributed by atoms with E-state index in [-0.39, 0.29) is 6.61 Å². The summed E-state index contributed by atoms with van der Waals surface area (Å²) in [5.41, 5.74) is 1.49. The zero-order valence-electron chi connectivity index (χ0n) is 13.6. The van der Waals surface area contributed by atoms with Crippen molar-refractivity contribution in [2.45, 2.75) is 13.3 Å². The zero-order valence-corrected chi connectivity index (χ0v) is 13.6. The molecular formula is C19H20O5. The van der Waals surface area contributed by atoms with Crippen molar-refractivity contribution in [3.8, 4) is 17.2 Å². The Labute approximate surface area is 141 Å². The summed E-state index contributed by atoms with van der Waals surface area (Å²) in [5.74, 6) is 1.63. The molecule has 0 amide bonds. The van der Waals surface area contributed by atoms with E-state index in [0.717, 1.165) is 17.7 Å². The van der Waals surface area contributed by atoms with E-state index in [1.165, 1.54) is 0 Å². The highest BCUT2D eigenvalue weighted by molar-refractivity contribution is 5.90. The van der Waals surface area contributed by atoms with E-state index in [9.17, 15) is 4.79 Å². The summed E-state index contributed by atoms with van der Waals surface area (Å²) < 4.78 is 22.0. The molecule has 3 rings (SSSR count). The number of benzene rings is 2. The van der Waals surface area contributed by atoms with Crippen LogP contribution in [0.2, 0.25) is 0 Å². The van der Waals surface area contributed by atoms with Crippen molar-refractivity contribution in [2.75, 3.05) is 26.4 Å². The number of carbonyl (C=O) groups excluding carboxylic acids is 1. The van der Waals surface area contributed by atoms with Crippen molar-refractivity contribution in [1.29, 1.82) is 0 Å². The van der Waals surface area contributed by atoms with Crippen LogP contribution in [0.25, 0.3) is 0 Å². The van der Waals surface area contributed by atoms with Crippen LogP contribution < -0.4 is 14.2 Å². The second-order valence-electron chi connectivity index (χ2n) is 5.46. The first-order chi connectivity index (χ1) is 11.7. The fourth-order valence-electron chi connectivity index (χ4n) is 2.38. The first-order valence-corrected chi connectivity index (χ1v) is 7.99. The van der Waals surface area contributed by atoms with Crippen molar-refractivity contribution >= 4 is 5.97 Å². The number of para-hydroxylation sites is 1. The lowest BCUT2D eigenvalue weighted by Gasteiger charge is -2.11. The predicted molar refractivity (Wildman–Crippen MR) is 89.0 cm³/mol. The molecule has 0 aliphatic carbocycles. The quantitative estimate of drug-likeness (QED) is 0.622. The molecule has 2 aromatic rings. The van der Waals surface area contributed by atoms with Gasteiger partial charge in [0.25, 0.3) is 0 Å². The molecule has 5 nitrogen and oxygen atoms in total. The van der Waals surface area contributed by atoms with Gasteiger partial charge in [-0.15, -0.1) is 0 Å². The Morgan fingerprint density at radius 1 is 1.04 bits per heavy atom. The second-order valence-corrected chi connectivity index (χ2v) is 5.46. The maximum absolute atomic E-state index is 12.1. The number of hydrogen-bond acceptors (Lipinski definition) is 5. The van der Waals surface area contributed by atoms with Crippen molar-refractivity contribution in [1.82, 2.24) is 0 Å².